The lowest BCUT2D eigenvalue weighted by atomic mass is 10.6. The van der Waals surface area contributed by atoms with Crippen molar-refractivity contribution in [3.8, 4) is 0 Å². The Morgan fingerprint density at radius 3 is 2.50 bits per heavy atom. The van der Waals surface area contributed by atoms with Crippen molar-refractivity contribution in [2.45, 2.75) is 0 Å². The summed E-state index contributed by atoms with van der Waals surface area (Å²) >= 11 is 0. The summed E-state index contributed by atoms with van der Waals surface area (Å²) in [6.45, 7) is 0.330. The summed E-state index contributed by atoms with van der Waals surface area (Å²) in [5, 5.41) is 13.2. The number of rotatable bonds is 8. The topological polar surface area (TPSA) is 105 Å². The van der Waals surface area contributed by atoms with E-state index in [1.807, 2.05) is 0 Å². The predicted octanol–water partition coefficient (Wildman–Crippen LogP) is -1.23. The Bertz CT molecular complexity index is 259. The van der Waals surface area contributed by atoms with Crippen LogP contribution in [-0.4, -0.2) is 59.6 Å². The molecule has 7 nitrogen and oxygen atoms in total. The van der Waals surface area contributed by atoms with Crippen LogP contribution in [0.4, 0.5) is 4.79 Å². The van der Waals surface area contributed by atoms with E-state index in [0.717, 1.165) is 0 Å². The average Bonchev–Trinajstić information content (AvgIpc) is 2.16. The lowest BCUT2D eigenvalue weighted by Crippen LogP contribution is -2.39. The Labute approximate surface area is 96.0 Å². The quantitative estimate of drug-likeness (QED) is 0.469. The van der Waals surface area contributed by atoms with Gasteiger partial charge in [0.05, 0.1) is 6.61 Å². The van der Waals surface area contributed by atoms with Crippen LogP contribution in [0.25, 0.3) is 0 Å². The first-order chi connectivity index (χ1) is 7.52. The number of amides is 2. The van der Waals surface area contributed by atoms with Crippen LogP contribution in [0.2, 0.25) is 0 Å². The van der Waals surface area contributed by atoms with Crippen LogP contribution in [0.3, 0.4) is 0 Å². The molecule has 94 valence electrons. The molecule has 0 bridgehead atoms. The van der Waals surface area contributed by atoms with E-state index in [9.17, 15) is 13.8 Å². The largest absolute Gasteiger partial charge is 0.480 e. The SMILES string of the molecule is CS(=O)CCNC(=O)NCCOCC(=O)O. The fourth-order valence-corrected chi connectivity index (χ4v) is 1.16. The van der Waals surface area contributed by atoms with Crippen LogP contribution in [0.1, 0.15) is 0 Å². The number of carboxylic acid groups (broad SMARTS) is 1. The molecule has 0 saturated carbocycles. The Morgan fingerprint density at radius 1 is 1.31 bits per heavy atom. The van der Waals surface area contributed by atoms with E-state index in [0.29, 0.717) is 12.3 Å². The number of carbonyl (C=O) groups excluding carboxylic acids is 1. The minimum absolute atomic E-state index is 0.138. The monoisotopic (exact) mass is 252 g/mol. The van der Waals surface area contributed by atoms with Gasteiger partial charge in [0.1, 0.15) is 6.61 Å². The zero-order valence-corrected chi connectivity index (χ0v) is 9.84. The Morgan fingerprint density at radius 2 is 1.94 bits per heavy atom. The van der Waals surface area contributed by atoms with Gasteiger partial charge in [0.2, 0.25) is 0 Å². The molecule has 0 fully saturated rings. The van der Waals surface area contributed by atoms with Gasteiger partial charge < -0.3 is 20.5 Å². The van der Waals surface area contributed by atoms with Crippen LogP contribution < -0.4 is 10.6 Å². The highest BCUT2D eigenvalue weighted by Crippen LogP contribution is 1.75. The maximum Gasteiger partial charge on any atom is 0.329 e. The van der Waals surface area contributed by atoms with E-state index >= 15 is 0 Å². The summed E-state index contributed by atoms with van der Waals surface area (Å²) < 4.78 is 15.3. The smallest absolute Gasteiger partial charge is 0.329 e. The van der Waals surface area contributed by atoms with E-state index in [4.69, 9.17) is 9.84 Å². The molecule has 16 heavy (non-hydrogen) atoms. The van der Waals surface area contributed by atoms with Crippen molar-refractivity contribution >= 4 is 22.8 Å². The maximum absolute atomic E-state index is 11.0. The molecule has 0 aromatic heterocycles. The zero-order chi connectivity index (χ0) is 12.4. The minimum atomic E-state index is -1.05. The first-order valence-electron chi connectivity index (χ1n) is 4.63. The van der Waals surface area contributed by atoms with Crippen molar-refractivity contribution < 1.29 is 23.6 Å². The van der Waals surface area contributed by atoms with Gasteiger partial charge >= 0.3 is 12.0 Å². The molecule has 3 N–H and O–H groups in total. The second-order valence-electron chi connectivity index (χ2n) is 2.91. The molecule has 1 unspecified atom stereocenters. The third-order valence-corrected chi connectivity index (χ3v) is 2.21. The number of nitrogens with one attached hydrogen (secondary N) is 2. The van der Waals surface area contributed by atoms with Crippen molar-refractivity contribution in [1.29, 1.82) is 0 Å². The number of aliphatic carboxylic acids is 1. The number of hydrogen-bond donors (Lipinski definition) is 3. The molecule has 1 atom stereocenters. The van der Waals surface area contributed by atoms with Crippen LogP contribution in [0.15, 0.2) is 0 Å². The van der Waals surface area contributed by atoms with Crippen LogP contribution in [0, 0.1) is 0 Å². The molecule has 0 aliphatic heterocycles. The maximum atomic E-state index is 11.0. The third kappa shape index (κ3) is 10.9. The summed E-state index contributed by atoms with van der Waals surface area (Å²) in [7, 11) is -0.928. The van der Waals surface area contributed by atoms with Crippen LogP contribution in [-0.2, 0) is 20.3 Å². The number of urea groups is 1. The second kappa shape index (κ2) is 9.10. The molecule has 2 amide bonds. The van der Waals surface area contributed by atoms with E-state index in [1.54, 1.807) is 6.26 Å². The number of carboxylic acids is 1. The van der Waals surface area contributed by atoms with Crippen molar-refractivity contribution in [2.75, 3.05) is 38.3 Å². The van der Waals surface area contributed by atoms with Gasteiger partial charge in [-0.15, -0.1) is 0 Å². The van der Waals surface area contributed by atoms with Gasteiger partial charge in [0.25, 0.3) is 0 Å². The summed E-state index contributed by atoms with van der Waals surface area (Å²) in [5.74, 6) is -0.641. The molecular weight excluding hydrogens is 236 g/mol. The van der Waals surface area contributed by atoms with E-state index in [-0.39, 0.29) is 25.8 Å². The molecule has 0 aromatic carbocycles. The zero-order valence-electron chi connectivity index (χ0n) is 9.02. The normalized spacial score (nSPS) is 11.8. The van der Waals surface area contributed by atoms with E-state index in [1.165, 1.54) is 0 Å². The van der Waals surface area contributed by atoms with Crippen LogP contribution >= 0.6 is 0 Å². The summed E-state index contributed by atoms with van der Waals surface area (Å²) in [6, 6.07) is -0.385. The number of ether oxygens (including phenoxy) is 1. The molecular formula is C8H16N2O5S. The van der Waals surface area contributed by atoms with Gasteiger partial charge in [0, 0.05) is 35.9 Å². The van der Waals surface area contributed by atoms with Crippen LogP contribution in [0.5, 0.6) is 0 Å². The third-order valence-electron chi connectivity index (χ3n) is 1.43. The number of carbonyl (C=O) groups is 2. The summed E-state index contributed by atoms with van der Waals surface area (Å²) in [5.41, 5.74) is 0. The molecule has 8 heteroatoms. The lowest BCUT2D eigenvalue weighted by molar-refractivity contribution is -0.142. The minimum Gasteiger partial charge on any atom is -0.480 e. The molecule has 0 aliphatic carbocycles. The first-order valence-corrected chi connectivity index (χ1v) is 6.36. The van der Waals surface area contributed by atoms with Gasteiger partial charge in [-0.05, 0) is 0 Å². The highest BCUT2D eigenvalue weighted by molar-refractivity contribution is 7.84. The van der Waals surface area contributed by atoms with Gasteiger partial charge in [-0.25, -0.2) is 9.59 Å². The van der Waals surface area contributed by atoms with Crippen molar-refractivity contribution in [3.05, 3.63) is 0 Å². The van der Waals surface area contributed by atoms with E-state index < -0.39 is 16.8 Å². The van der Waals surface area contributed by atoms with Gasteiger partial charge in [0.15, 0.2) is 0 Å². The number of hydrogen-bond acceptors (Lipinski definition) is 4. The molecule has 0 spiro atoms. The Balaban J connectivity index is 3.30. The predicted molar refractivity (Wildman–Crippen MR) is 58.8 cm³/mol. The van der Waals surface area contributed by atoms with Crippen molar-refractivity contribution in [1.82, 2.24) is 10.6 Å². The molecule has 0 aromatic rings. The Kier molecular flexibility index (Phi) is 8.45. The van der Waals surface area contributed by atoms with Crippen molar-refractivity contribution in [2.24, 2.45) is 0 Å². The van der Waals surface area contributed by atoms with Gasteiger partial charge in [-0.3, -0.25) is 4.21 Å². The fraction of sp³-hybridized carbons (Fsp3) is 0.750. The highest BCUT2D eigenvalue weighted by atomic mass is 32.2. The standard InChI is InChI=1S/C8H16N2O5S/c1-16(14)5-3-10-8(13)9-2-4-15-6-7(11)12/h2-6H2,1H3,(H,11,12)(H2,9,10,13). The van der Waals surface area contributed by atoms with E-state index in [2.05, 4.69) is 10.6 Å². The lowest BCUT2D eigenvalue weighted by Gasteiger charge is -2.06. The molecule has 0 aliphatic rings. The average molecular weight is 252 g/mol. The fourth-order valence-electron chi connectivity index (χ4n) is 0.767. The molecule has 0 radical (unpaired) electrons. The second-order valence-corrected chi connectivity index (χ2v) is 4.46. The molecule has 0 heterocycles. The summed E-state index contributed by atoms with van der Waals surface area (Å²) in [4.78, 5) is 21.1. The Hall–Kier alpha value is -1.15. The molecule has 0 saturated heterocycles. The first kappa shape index (κ1) is 14.8. The molecule has 0 rings (SSSR count). The highest BCUT2D eigenvalue weighted by Gasteiger charge is 2.00. The summed E-state index contributed by atoms with van der Waals surface area (Å²) in [6.07, 6.45) is 1.55. The van der Waals surface area contributed by atoms with Gasteiger partial charge in [-0.2, -0.15) is 0 Å². The van der Waals surface area contributed by atoms with Crippen molar-refractivity contribution in [3.63, 3.8) is 0 Å². The van der Waals surface area contributed by atoms with Gasteiger partial charge in [-0.1, -0.05) is 0 Å².